The molecule has 0 bridgehead atoms. The monoisotopic (exact) mass is 251 g/mol. The molecule has 1 amide bonds. The quantitative estimate of drug-likeness (QED) is 0.751. The molecule has 0 saturated heterocycles. The van der Waals surface area contributed by atoms with Gasteiger partial charge in [-0.05, 0) is 39.2 Å². The largest absolute Gasteiger partial charge is 0.396 e. The van der Waals surface area contributed by atoms with E-state index in [4.69, 9.17) is 11.5 Å². The van der Waals surface area contributed by atoms with Gasteiger partial charge in [-0.25, -0.2) is 4.98 Å². The first-order valence-corrected chi connectivity index (χ1v) is 5.84. The number of rotatable bonds is 6. The molecule has 0 aliphatic rings. The Labute approximate surface area is 108 Å². The number of hydrogen-bond acceptors (Lipinski definition) is 5. The summed E-state index contributed by atoms with van der Waals surface area (Å²) in [6.45, 7) is 1.80. The second-order valence-electron chi connectivity index (χ2n) is 4.55. The van der Waals surface area contributed by atoms with Gasteiger partial charge in [-0.15, -0.1) is 0 Å². The highest BCUT2D eigenvalue weighted by molar-refractivity contribution is 5.91. The first-order valence-electron chi connectivity index (χ1n) is 5.84. The molecule has 1 rings (SSSR count). The molecule has 100 valence electrons. The number of nitrogen functional groups attached to an aromatic ring is 1. The van der Waals surface area contributed by atoms with Crippen molar-refractivity contribution in [1.82, 2.24) is 9.88 Å². The Morgan fingerprint density at radius 2 is 1.94 bits per heavy atom. The predicted octanol–water partition coefficient (Wildman–Crippen LogP) is 0.151. The Kier molecular flexibility index (Phi) is 4.91. The first kappa shape index (κ1) is 14.2. The van der Waals surface area contributed by atoms with Crippen molar-refractivity contribution < 1.29 is 4.79 Å². The van der Waals surface area contributed by atoms with E-state index in [9.17, 15) is 4.79 Å². The molecule has 0 aromatic carbocycles. The molecule has 1 aromatic rings. The van der Waals surface area contributed by atoms with E-state index in [0.717, 1.165) is 19.5 Å². The Morgan fingerprint density at radius 3 is 2.50 bits per heavy atom. The van der Waals surface area contributed by atoms with Crippen molar-refractivity contribution in [1.29, 1.82) is 0 Å². The second-order valence-corrected chi connectivity index (χ2v) is 4.55. The van der Waals surface area contributed by atoms with Crippen LogP contribution in [0, 0.1) is 0 Å². The summed E-state index contributed by atoms with van der Waals surface area (Å²) in [5, 5.41) is 0. The van der Waals surface area contributed by atoms with Gasteiger partial charge in [-0.2, -0.15) is 0 Å². The van der Waals surface area contributed by atoms with Crippen LogP contribution in [-0.2, 0) is 0 Å². The van der Waals surface area contributed by atoms with Crippen molar-refractivity contribution in [2.45, 2.75) is 6.42 Å². The third kappa shape index (κ3) is 3.89. The summed E-state index contributed by atoms with van der Waals surface area (Å²) in [5.41, 5.74) is 11.8. The van der Waals surface area contributed by atoms with E-state index in [1.807, 2.05) is 26.0 Å². The Balaban J connectivity index is 2.74. The molecule has 18 heavy (non-hydrogen) atoms. The minimum atomic E-state index is -0.544. The van der Waals surface area contributed by atoms with Gasteiger partial charge in [0, 0.05) is 13.6 Å². The molecule has 1 heterocycles. The smallest absolute Gasteiger partial charge is 0.267 e. The van der Waals surface area contributed by atoms with E-state index in [0.29, 0.717) is 11.5 Å². The number of hydrogen-bond donors (Lipinski definition) is 2. The summed E-state index contributed by atoms with van der Waals surface area (Å²) >= 11 is 0. The lowest BCUT2D eigenvalue weighted by Gasteiger charge is -2.21. The number of amides is 1. The topological polar surface area (TPSA) is 88.5 Å². The molecule has 0 radical (unpaired) electrons. The highest BCUT2D eigenvalue weighted by Gasteiger charge is 2.10. The van der Waals surface area contributed by atoms with Crippen LogP contribution in [0.1, 0.15) is 16.9 Å². The molecule has 4 N–H and O–H groups in total. The molecule has 0 unspecified atom stereocenters. The number of aromatic nitrogens is 1. The third-order valence-corrected chi connectivity index (χ3v) is 2.62. The van der Waals surface area contributed by atoms with Gasteiger partial charge in [-0.1, -0.05) is 0 Å². The zero-order valence-corrected chi connectivity index (χ0v) is 11.2. The molecule has 6 nitrogen and oxygen atoms in total. The molecule has 0 atom stereocenters. The molecular formula is C12H21N5O. The van der Waals surface area contributed by atoms with Crippen LogP contribution in [-0.4, -0.2) is 50.0 Å². The maximum Gasteiger partial charge on any atom is 0.267 e. The van der Waals surface area contributed by atoms with Gasteiger partial charge in [-0.3, -0.25) is 4.79 Å². The fourth-order valence-electron chi connectivity index (χ4n) is 1.63. The number of nitrogens with zero attached hydrogens (tertiary/aromatic N) is 3. The standard InChI is InChI=1S/C12H21N5O/c1-16(2)7-4-8-17(3)12-9(13)5-6-10(15-12)11(14)18/h5-6H,4,7-8,13H2,1-3H3,(H2,14,18). The molecule has 0 aliphatic heterocycles. The zero-order valence-electron chi connectivity index (χ0n) is 11.2. The van der Waals surface area contributed by atoms with Gasteiger partial charge in [0.1, 0.15) is 5.69 Å². The lowest BCUT2D eigenvalue weighted by atomic mass is 10.3. The normalized spacial score (nSPS) is 10.7. The highest BCUT2D eigenvalue weighted by atomic mass is 16.1. The summed E-state index contributed by atoms with van der Waals surface area (Å²) in [6.07, 6.45) is 0.991. The average molecular weight is 251 g/mol. The van der Waals surface area contributed by atoms with Gasteiger partial charge in [0.05, 0.1) is 5.69 Å². The molecule has 0 fully saturated rings. The number of pyridine rings is 1. The fraction of sp³-hybridized carbons (Fsp3) is 0.500. The van der Waals surface area contributed by atoms with Crippen molar-refractivity contribution in [3.63, 3.8) is 0 Å². The summed E-state index contributed by atoms with van der Waals surface area (Å²) in [6, 6.07) is 3.19. The maximum atomic E-state index is 11.1. The van der Waals surface area contributed by atoms with Crippen molar-refractivity contribution >= 4 is 17.4 Å². The summed E-state index contributed by atoms with van der Waals surface area (Å²) in [7, 11) is 5.96. The summed E-state index contributed by atoms with van der Waals surface area (Å²) < 4.78 is 0. The lowest BCUT2D eigenvalue weighted by Crippen LogP contribution is -2.26. The van der Waals surface area contributed by atoms with E-state index < -0.39 is 5.91 Å². The van der Waals surface area contributed by atoms with Crippen LogP contribution in [0.25, 0.3) is 0 Å². The number of nitrogens with two attached hydrogens (primary N) is 2. The molecule has 0 aliphatic carbocycles. The minimum Gasteiger partial charge on any atom is -0.396 e. The van der Waals surface area contributed by atoms with E-state index >= 15 is 0 Å². The Hall–Kier alpha value is -1.82. The molecule has 6 heteroatoms. The molecule has 1 aromatic heterocycles. The first-order chi connectivity index (χ1) is 8.41. The summed E-state index contributed by atoms with van der Waals surface area (Å²) in [5.74, 6) is 0.0583. The number of primary amides is 1. The van der Waals surface area contributed by atoms with Crippen molar-refractivity contribution in [3.8, 4) is 0 Å². The van der Waals surface area contributed by atoms with E-state index in [-0.39, 0.29) is 5.69 Å². The SMILES string of the molecule is CN(C)CCCN(C)c1nc(C(N)=O)ccc1N. The average Bonchev–Trinajstić information content (AvgIpc) is 2.28. The van der Waals surface area contributed by atoms with Crippen LogP contribution in [0.15, 0.2) is 12.1 Å². The van der Waals surface area contributed by atoms with Crippen LogP contribution in [0.3, 0.4) is 0 Å². The van der Waals surface area contributed by atoms with E-state index in [2.05, 4.69) is 9.88 Å². The van der Waals surface area contributed by atoms with Gasteiger partial charge >= 0.3 is 0 Å². The minimum absolute atomic E-state index is 0.235. The van der Waals surface area contributed by atoms with Crippen LogP contribution >= 0.6 is 0 Å². The second kappa shape index (κ2) is 6.20. The van der Waals surface area contributed by atoms with Gasteiger partial charge in [0.25, 0.3) is 5.91 Å². The van der Waals surface area contributed by atoms with Gasteiger partial charge in [0.2, 0.25) is 0 Å². The zero-order chi connectivity index (χ0) is 13.7. The Bertz CT molecular complexity index is 419. The highest BCUT2D eigenvalue weighted by Crippen LogP contribution is 2.19. The number of anilines is 2. The number of carbonyl (C=O) groups is 1. The van der Waals surface area contributed by atoms with Gasteiger partial charge in [0.15, 0.2) is 5.82 Å². The van der Waals surface area contributed by atoms with Crippen LogP contribution in [0.5, 0.6) is 0 Å². The third-order valence-electron chi connectivity index (χ3n) is 2.62. The van der Waals surface area contributed by atoms with E-state index in [1.54, 1.807) is 6.07 Å². The molecular weight excluding hydrogens is 230 g/mol. The van der Waals surface area contributed by atoms with Crippen molar-refractivity contribution in [3.05, 3.63) is 17.8 Å². The lowest BCUT2D eigenvalue weighted by molar-refractivity contribution is 0.0995. The predicted molar refractivity (Wildman–Crippen MR) is 73.6 cm³/mol. The van der Waals surface area contributed by atoms with Crippen LogP contribution < -0.4 is 16.4 Å². The fourth-order valence-corrected chi connectivity index (χ4v) is 1.63. The summed E-state index contributed by atoms with van der Waals surface area (Å²) in [4.78, 5) is 19.3. The van der Waals surface area contributed by atoms with Crippen LogP contribution in [0.2, 0.25) is 0 Å². The Morgan fingerprint density at radius 1 is 1.28 bits per heavy atom. The number of carbonyl (C=O) groups excluding carboxylic acids is 1. The maximum absolute atomic E-state index is 11.1. The van der Waals surface area contributed by atoms with Crippen molar-refractivity contribution in [2.24, 2.45) is 5.73 Å². The molecule has 0 saturated carbocycles. The van der Waals surface area contributed by atoms with Crippen LogP contribution in [0.4, 0.5) is 11.5 Å². The van der Waals surface area contributed by atoms with Crippen molar-refractivity contribution in [2.75, 3.05) is 44.9 Å². The van der Waals surface area contributed by atoms with Gasteiger partial charge < -0.3 is 21.3 Å². The molecule has 0 spiro atoms. The van der Waals surface area contributed by atoms with E-state index in [1.165, 1.54) is 6.07 Å².